The van der Waals surface area contributed by atoms with Crippen LogP contribution in [0.2, 0.25) is 5.02 Å². The van der Waals surface area contributed by atoms with E-state index >= 15 is 0 Å². The largest absolute Gasteiger partial charge is 0.491 e. The summed E-state index contributed by atoms with van der Waals surface area (Å²) in [5.41, 5.74) is 6.87. The van der Waals surface area contributed by atoms with Crippen molar-refractivity contribution in [2.45, 2.75) is 25.8 Å². The summed E-state index contributed by atoms with van der Waals surface area (Å²) >= 11 is 6.00. The van der Waals surface area contributed by atoms with Gasteiger partial charge in [0.15, 0.2) is 0 Å². The van der Waals surface area contributed by atoms with Gasteiger partial charge in [0, 0.05) is 31.4 Å². The number of rotatable bonds is 10. The van der Waals surface area contributed by atoms with Crippen molar-refractivity contribution in [3.05, 3.63) is 28.8 Å². The smallest absolute Gasteiger partial charge is 0.122 e. The molecule has 0 aliphatic carbocycles. The molecule has 0 saturated heterocycles. The first kappa shape index (κ1) is 17.2. The zero-order valence-corrected chi connectivity index (χ0v) is 13.0. The van der Waals surface area contributed by atoms with Crippen LogP contribution in [0.4, 0.5) is 0 Å². The summed E-state index contributed by atoms with van der Waals surface area (Å²) in [6, 6.07) is 5.67. The highest BCUT2D eigenvalue weighted by Gasteiger charge is 2.07. The number of hydrogen-bond acceptors (Lipinski definition) is 4. The van der Waals surface area contributed by atoms with Gasteiger partial charge in [0.25, 0.3) is 0 Å². The van der Waals surface area contributed by atoms with Crippen LogP contribution < -0.4 is 10.5 Å². The molecule has 0 saturated carbocycles. The molecule has 0 spiro atoms. The van der Waals surface area contributed by atoms with E-state index in [1.807, 2.05) is 25.1 Å². The van der Waals surface area contributed by atoms with Crippen LogP contribution in [-0.2, 0) is 15.9 Å². The van der Waals surface area contributed by atoms with Crippen molar-refractivity contribution in [1.82, 2.24) is 0 Å². The van der Waals surface area contributed by atoms with Crippen molar-refractivity contribution in [3.8, 4) is 5.75 Å². The SMILES string of the molecule is COCCCOCCOc1ccc(Cl)cc1CC(C)N. The summed E-state index contributed by atoms with van der Waals surface area (Å²) in [5.74, 6) is 0.826. The Hall–Kier alpha value is -0.810. The fourth-order valence-corrected chi connectivity index (χ4v) is 2.01. The van der Waals surface area contributed by atoms with Crippen molar-refractivity contribution < 1.29 is 14.2 Å². The molecule has 0 aromatic heterocycles. The third-order valence-corrected chi connectivity index (χ3v) is 2.92. The molecular formula is C15H24ClNO3. The fourth-order valence-electron chi connectivity index (χ4n) is 1.81. The van der Waals surface area contributed by atoms with Crippen LogP contribution in [-0.4, -0.2) is 39.6 Å². The molecule has 1 aromatic rings. The van der Waals surface area contributed by atoms with E-state index in [2.05, 4.69) is 0 Å². The zero-order valence-electron chi connectivity index (χ0n) is 12.2. The molecule has 0 aliphatic rings. The number of methoxy groups -OCH3 is 1. The van der Waals surface area contributed by atoms with E-state index in [-0.39, 0.29) is 6.04 Å². The Morgan fingerprint density at radius 2 is 2.00 bits per heavy atom. The lowest BCUT2D eigenvalue weighted by atomic mass is 10.1. The average Bonchev–Trinajstić information content (AvgIpc) is 2.39. The summed E-state index contributed by atoms with van der Waals surface area (Å²) in [5, 5.41) is 0.698. The highest BCUT2D eigenvalue weighted by Crippen LogP contribution is 2.24. The van der Waals surface area contributed by atoms with E-state index in [1.54, 1.807) is 7.11 Å². The van der Waals surface area contributed by atoms with E-state index < -0.39 is 0 Å². The van der Waals surface area contributed by atoms with Crippen LogP contribution in [0.15, 0.2) is 18.2 Å². The molecule has 2 N–H and O–H groups in total. The van der Waals surface area contributed by atoms with Crippen LogP contribution in [0, 0.1) is 0 Å². The second-order valence-corrected chi connectivity index (χ2v) is 5.18. The molecule has 0 radical (unpaired) electrons. The molecule has 0 aliphatic heterocycles. The third kappa shape index (κ3) is 7.10. The predicted octanol–water partition coefficient (Wildman–Crippen LogP) is 2.66. The maximum atomic E-state index is 6.00. The van der Waals surface area contributed by atoms with E-state index in [9.17, 15) is 0 Å². The Kier molecular flexibility index (Phi) is 8.62. The lowest BCUT2D eigenvalue weighted by Crippen LogP contribution is -2.18. The average molecular weight is 302 g/mol. The number of halogens is 1. The fraction of sp³-hybridized carbons (Fsp3) is 0.600. The van der Waals surface area contributed by atoms with Crippen molar-refractivity contribution in [2.75, 3.05) is 33.5 Å². The number of benzene rings is 1. The molecule has 1 rings (SSSR count). The Bertz CT molecular complexity index is 385. The molecule has 1 aromatic carbocycles. The molecule has 1 unspecified atom stereocenters. The minimum absolute atomic E-state index is 0.0705. The monoisotopic (exact) mass is 301 g/mol. The molecule has 1 atom stereocenters. The van der Waals surface area contributed by atoms with Gasteiger partial charge in [-0.25, -0.2) is 0 Å². The van der Waals surface area contributed by atoms with Crippen molar-refractivity contribution >= 4 is 11.6 Å². The van der Waals surface area contributed by atoms with Crippen LogP contribution in [0.1, 0.15) is 18.9 Å². The number of ether oxygens (including phenoxy) is 3. The number of nitrogens with two attached hydrogens (primary N) is 1. The van der Waals surface area contributed by atoms with Crippen molar-refractivity contribution in [1.29, 1.82) is 0 Å². The Morgan fingerprint density at radius 1 is 1.20 bits per heavy atom. The summed E-state index contributed by atoms with van der Waals surface area (Å²) in [6.45, 7) is 4.44. The van der Waals surface area contributed by atoms with Gasteiger partial charge in [-0.1, -0.05) is 11.6 Å². The van der Waals surface area contributed by atoms with E-state index in [0.717, 1.165) is 30.8 Å². The van der Waals surface area contributed by atoms with Gasteiger partial charge >= 0.3 is 0 Å². The van der Waals surface area contributed by atoms with Gasteiger partial charge in [-0.2, -0.15) is 0 Å². The summed E-state index contributed by atoms with van der Waals surface area (Å²) in [4.78, 5) is 0. The summed E-state index contributed by atoms with van der Waals surface area (Å²) in [6.07, 6.45) is 1.64. The van der Waals surface area contributed by atoms with Gasteiger partial charge in [0.2, 0.25) is 0 Å². The van der Waals surface area contributed by atoms with E-state index in [1.165, 1.54) is 0 Å². The molecule has 4 nitrogen and oxygen atoms in total. The zero-order chi connectivity index (χ0) is 14.8. The minimum atomic E-state index is 0.0705. The topological polar surface area (TPSA) is 53.7 Å². The highest BCUT2D eigenvalue weighted by molar-refractivity contribution is 6.30. The van der Waals surface area contributed by atoms with E-state index in [0.29, 0.717) is 24.8 Å². The molecule has 0 fully saturated rings. The molecular weight excluding hydrogens is 278 g/mol. The standard InChI is InChI=1S/C15H24ClNO3/c1-12(17)10-13-11-14(16)4-5-15(13)20-9-8-19-7-3-6-18-2/h4-5,11-12H,3,6-10,17H2,1-2H3. The third-order valence-electron chi connectivity index (χ3n) is 2.69. The van der Waals surface area contributed by atoms with Gasteiger partial charge in [-0.3, -0.25) is 0 Å². The lowest BCUT2D eigenvalue weighted by Gasteiger charge is -2.13. The summed E-state index contributed by atoms with van der Waals surface area (Å²) in [7, 11) is 1.68. The van der Waals surface area contributed by atoms with Gasteiger partial charge in [0.05, 0.1) is 6.61 Å². The molecule has 0 amide bonds. The molecule has 114 valence electrons. The van der Waals surface area contributed by atoms with Crippen LogP contribution in [0.5, 0.6) is 5.75 Å². The van der Waals surface area contributed by atoms with Gasteiger partial charge < -0.3 is 19.9 Å². The van der Waals surface area contributed by atoms with Gasteiger partial charge in [-0.05, 0) is 43.5 Å². The molecule has 5 heteroatoms. The second kappa shape index (κ2) is 10.00. The first-order chi connectivity index (χ1) is 9.63. The highest BCUT2D eigenvalue weighted by atomic mass is 35.5. The van der Waals surface area contributed by atoms with Crippen LogP contribution in [0.25, 0.3) is 0 Å². The molecule has 0 heterocycles. The van der Waals surface area contributed by atoms with E-state index in [4.69, 9.17) is 31.5 Å². The van der Waals surface area contributed by atoms with Crippen molar-refractivity contribution in [2.24, 2.45) is 5.73 Å². The molecule has 0 bridgehead atoms. The predicted molar refractivity (Wildman–Crippen MR) is 81.6 cm³/mol. The first-order valence-corrected chi connectivity index (χ1v) is 7.24. The Labute approximate surface area is 126 Å². The normalized spacial score (nSPS) is 12.4. The Balaban J connectivity index is 2.35. The maximum Gasteiger partial charge on any atom is 0.122 e. The first-order valence-electron chi connectivity index (χ1n) is 6.87. The Morgan fingerprint density at radius 3 is 2.70 bits per heavy atom. The summed E-state index contributed by atoms with van der Waals surface area (Å²) < 4.78 is 16.1. The second-order valence-electron chi connectivity index (χ2n) is 4.74. The van der Waals surface area contributed by atoms with Gasteiger partial charge in [0.1, 0.15) is 12.4 Å². The van der Waals surface area contributed by atoms with Crippen molar-refractivity contribution in [3.63, 3.8) is 0 Å². The molecule has 20 heavy (non-hydrogen) atoms. The maximum absolute atomic E-state index is 6.00. The quantitative estimate of drug-likeness (QED) is 0.675. The lowest BCUT2D eigenvalue weighted by molar-refractivity contribution is 0.0804. The van der Waals surface area contributed by atoms with Crippen LogP contribution in [0.3, 0.4) is 0 Å². The minimum Gasteiger partial charge on any atom is -0.491 e. The van der Waals surface area contributed by atoms with Gasteiger partial charge in [-0.15, -0.1) is 0 Å². The number of hydrogen-bond donors (Lipinski definition) is 1. The van der Waals surface area contributed by atoms with Crippen LogP contribution >= 0.6 is 11.6 Å².